The molecule has 2 aliphatic rings. The van der Waals surface area contributed by atoms with Crippen LogP contribution in [-0.2, 0) is 19.4 Å². The number of amides is 2. The Bertz CT molecular complexity index is 1360. The normalized spacial score (nSPS) is 22.0. The minimum absolute atomic E-state index is 0.0977. The third kappa shape index (κ3) is 3.99. The lowest BCUT2D eigenvalue weighted by molar-refractivity contribution is -0.142. The summed E-state index contributed by atoms with van der Waals surface area (Å²) in [7, 11) is -3.34. The van der Waals surface area contributed by atoms with Gasteiger partial charge in [0.2, 0.25) is 0 Å². The highest BCUT2D eigenvalue weighted by molar-refractivity contribution is 7.91. The number of furan rings is 1. The Morgan fingerprint density at radius 1 is 1.16 bits per heavy atom. The maximum Gasteiger partial charge on any atom is 0.271 e. The standard InChI is InChI=1S/C22H16Cl2N2O5S/c1-12-16(9-15-3-5-20(31-15)13-2-4-18(23)19(24)8-13)21(27)26(22(28)17(12)10-25)14-6-7-32(29,30)11-14/h2-5,8-9,14H,6-7,11H2,1H3/b16-9-. The van der Waals surface area contributed by atoms with Crippen molar-refractivity contribution in [2.75, 3.05) is 11.5 Å². The number of carbonyl (C=O) groups is 2. The van der Waals surface area contributed by atoms with Crippen LogP contribution in [0.25, 0.3) is 17.4 Å². The van der Waals surface area contributed by atoms with Crippen LogP contribution in [0.1, 0.15) is 19.1 Å². The molecule has 2 aromatic rings. The Kier molecular flexibility index (Phi) is 5.76. The summed E-state index contributed by atoms with van der Waals surface area (Å²) in [6.07, 6.45) is 1.59. The highest BCUT2D eigenvalue weighted by Gasteiger charge is 2.43. The van der Waals surface area contributed by atoms with Crippen molar-refractivity contribution in [1.82, 2.24) is 4.90 Å². The second kappa shape index (κ2) is 8.24. The smallest absolute Gasteiger partial charge is 0.271 e. The Morgan fingerprint density at radius 3 is 2.53 bits per heavy atom. The molecule has 1 fully saturated rings. The lowest BCUT2D eigenvalue weighted by Crippen LogP contribution is -2.49. The van der Waals surface area contributed by atoms with Gasteiger partial charge in [0.05, 0.1) is 27.6 Å². The second-order valence-electron chi connectivity index (χ2n) is 7.54. The Labute approximate surface area is 194 Å². The average molecular weight is 491 g/mol. The molecule has 1 unspecified atom stereocenters. The summed E-state index contributed by atoms with van der Waals surface area (Å²) in [6, 6.07) is 9.38. The fraction of sp³-hybridized carbons (Fsp3) is 0.227. The highest BCUT2D eigenvalue weighted by atomic mass is 35.5. The minimum Gasteiger partial charge on any atom is -0.457 e. The van der Waals surface area contributed by atoms with E-state index in [4.69, 9.17) is 27.6 Å². The minimum atomic E-state index is -3.34. The van der Waals surface area contributed by atoms with Crippen molar-refractivity contribution in [1.29, 1.82) is 5.26 Å². The van der Waals surface area contributed by atoms with Gasteiger partial charge < -0.3 is 4.42 Å². The van der Waals surface area contributed by atoms with E-state index in [1.54, 1.807) is 30.3 Å². The molecule has 0 N–H and O–H groups in total. The van der Waals surface area contributed by atoms with E-state index >= 15 is 0 Å². The van der Waals surface area contributed by atoms with Gasteiger partial charge in [0.25, 0.3) is 11.8 Å². The summed E-state index contributed by atoms with van der Waals surface area (Å²) in [4.78, 5) is 26.9. The van der Waals surface area contributed by atoms with E-state index in [9.17, 15) is 23.3 Å². The van der Waals surface area contributed by atoms with Crippen LogP contribution in [0.2, 0.25) is 10.0 Å². The van der Waals surface area contributed by atoms with Gasteiger partial charge in [0, 0.05) is 11.1 Å². The maximum absolute atomic E-state index is 13.2. The molecule has 0 radical (unpaired) electrons. The fourth-order valence-electron chi connectivity index (χ4n) is 3.79. The zero-order valence-electron chi connectivity index (χ0n) is 16.8. The molecule has 7 nitrogen and oxygen atoms in total. The first-order chi connectivity index (χ1) is 15.1. The first kappa shape index (κ1) is 22.3. The van der Waals surface area contributed by atoms with Gasteiger partial charge in [-0.05, 0) is 55.3 Å². The maximum atomic E-state index is 13.2. The number of halogens is 2. The summed E-state index contributed by atoms with van der Waals surface area (Å²) in [5.74, 6) is -1.04. The molecule has 0 aliphatic carbocycles. The van der Waals surface area contributed by atoms with Crippen molar-refractivity contribution in [3.63, 3.8) is 0 Å². The van der Waals surface area contributed by atoms with Crippen molar-refractivity contribution in [2.45, 2.75) is 19.4 Å². The van der Waals surface area contributed by atoms with Crippen LogP contribution in [0.4, 0.5) is 0 Å². The van der Waals surface area contributed by atoms with Gasteiger partial charge in [0.1, 0.15) is 23.2 Å². The molecular formula is C22H16Cl2N2O5S. The van der Waals surface area contributed by atoms with E-state index in [1.807, 2.05) is 6.07 Å². The Balaban J connectivity index is 1.73. The number of hydrogen-bond acceptors (Lipinski definition) is 6. The molecule has 1 aromatic heterocycles. The average Bonchev–Trinajstić information content (AvgIpc) is 3.34. The molecule has 1 atom stereocenters. The van der Waals surface area contributed by atoms with Crippen LogP contribution in [0, 0.1) is 11.3 Å². The second-order valence-corrected chi connectivity index (χ2v) is 10.6. The monoisotopic (exact) mass is 490 g/mol. The molecule has 2 aliphatic heterocycles. The van der Waals surface area contributed by atoms with Gasteiger partial charge in [-0.3, -0.25) is 14.5 Å². The van der Waals surface area contributed by atoms with Crippen LogP contribution in [0.15, 0.2) is 51.5 Å². The number of nitriles is 1. The lowest BCUT2D eigenvalue weighted by atomic mass is 9.93. The molecule has 0 bridgehead atoms. The third-order valence-corrected chi connectivity index (χ3v) is 7.95. The predicted molar refractivity (Wildman–Crippen MR) is 119 cm³/mol. The molecular weight excluding hydrogens is 475 g/mol. The van der Waals surface area contributed by atoms with Gasteiger partial charge in [-0.25, -0.2) is 8.42 Å². The molecule has 164 valence electrons. The predicted octanol–water partition coefficient (Wildman–Crippen LogP) is 4.03. The number of rotatable bonds is 3. The van der Waals surface area contributed by atoms with Crippen molar-refractivity contribution in [3.8, 4) is 17.4 Å². The van der Waals surface area contributed by atoms with E-state index in [2.05, 4.69) is 0 Å². The largest absolute Gasteiger partial charge is 0.457 e. The van der Waals surface area contributed by atoms with Crippen LogP contribution >= 0.6 is 23.2 Å². The Hall–Kier alpha value is -2.86. The zero-order valence-corrected chi connectivity index (χ0v) is 19.1. The summed E-state index contributed by atoms with van der Waals surface area (Å²) >= 11 is 12.0. The molecule has 3 heterocycles. The third-order valence-electron chi connectivity index (χ3n) is 5.46. The number of nitrogens with zero attached hydrogens (tertiary/aromatic N) is 2. The molecule has 10 heteroatoms. The number of benzene rings is 1. The van der Waals surface area contributed by atoms with Gasteiger partial charge >= 0.3 is 0 Å². The van der Waals surface area contributed by atoms with Gasteiger partial charge in [-0.15, -0.1) is 0 Å². The van der Waals surface area contributed by atoms with E-state index in [-0.39, 0.29) is 34.6 Å². The SMILES string of the molecule is CC1=C(C#N)C(=O)N(C2CCS(=O)(=O)C2)C(=O)/C1=C\c1ccc(-c2ccc(Cl)c(Cl)c2)o1. The number of carbonyl (C=O) groups excluding carboxylic acids is 2. The molecule has 1 saturated heterocycles. The first-order valence-corrected chi connectivity index (χ1v) is 12.2. The van der Waals surface area contributed by atoms with Crippen LogP contribution in [0.3, 0.4) is 0 Å². The summed E-state index contributed by atoms with van der Waals surface area (Å²) < 4.78 is 29.6. The molecule has 4 rings (SSSR count). The Morgan fingerprint density at radius 2 is 1.91 bits per heavy atom. The molecule has 0 saturated carbocycles. The highest BCUT2D eigenvalue weighted by Crippen LogP contribution is 2.33. The van der Waals surface area contributed by atoms with Gasteiger partial charge in [-0.2, -0.15) is 5.26 Å². The van der Waals surface area contributed by atoms with Crippen LogP contribution < -0.4 is 0 Å². The molecule has 2 amide bonds. The van der Waals surface area contributed by atoms with E-state index < -0.39 is 27.7 Å². The van der Waals surface area contributed by atoms with Crippen molar-refractivity contribution >= 4 is 50.9 Å². The summed E-state index contributed by atoms with van der Waals surface area (Å²) in [6.45, 7) is 1.51. The van der Waals surface area contributed by atoms with Gasteiger partial charge in [0.15, 0.2) is 9.84 Å². The molecule has 0 spiro atoms. The van der Waals surface area contributed by atoms with Crippen LogP contribution in [0.5, 0.6) is 0 Å². The summed E-state index contributed by atoms with van der Waals surface area (Å²) in [5.41, 5.74) is 0.793. The summed E-state index contributed by atoms with van der Waals surface area (Å²) in [5, 5.41) is 10.3. The van der Waals surface area contributed by atoms with E-state index in [0.717, 1.165) is 4.90 Å². The fourth-order valence-corrected chi connectivity index (χ4v) is 5.79. The first-order valence-electron chi connectivity index (χ1n) is 9.58. The van der Waals surface area contributed by atoms with Crippen molar-refractivity contribution in [2.24, 2.45) is 0 Å². The zero-order chi connectivity index (χ0) is 23.2. The topological polar surface area (TPSA) is 108 Å². The number of hydrogen-bond donors (Lipinski definition) is 0. The van der Waals surface area contributed by atoms with Crippen LogP contribution in [-0.4, -0.2) is 42.7 Å². The quantitative estimate of drug-likeness (QED) is 0.474. The molecule has 32 heavy (non-hydrogen) atoms. The van der Waals surface area contributed by atoms with E-state index in [1.165, 1.54) is 13.0 Å². The van der Waals surface area contributed by atoms with E-state index in [0.29, 0.717) is 27.1 Å². The number of imide groups is 1. The lowest BCUT2D eigenvalue weighted by Gasteiger charge is -2.31. The van der Waals surface area contributed by atoms with Crippen molar-refractivity contribution in [3.05, 3.63) is 62.9 Å². The van der Waals surface area contributed by atoms with Gasteiger partial charge in [-0.1, -0.05) is 23.2 Å². The molecule has 1 aromatic carbocycles. The van der Waals surface area contributed by atoms with Crippen molar-refractivity contribution < 1.29 is 22.4 Å². The number of sulfone groups is 1.